The van der Waals surface area contributed by atoms with Crippen molar-refractivity contribution in [1.29, 1.82) is 0 Å². The molecule has 0 amide bonds. The average molecular weight is 284 g/mol. The maximum atomic E-state index is 12.4. The minimum atomic E-state index is -0.491. The summed E-state index contributed by atoms with van der Waals surface area (Å²) in [5, 5.41) is -0.491. The smallest absolute Gasteiger partial charge is 0.254 e. The molecule has 0 bridgehead atoms. The van der Waals surface area contributed by atoms with Gasteiger partial charge in [-0.15, -0.1) is 0 Å². The molecule has 3 nitrogen and oxygen atoms in total. The molecule has 0 aromatic carbocycles. The van der Waals surface area contributed by atoms with Crippen LogP contribution in [0.25, 0.3) is 0 Å². The Morgan fingerprint density at radius 2 is 2.00 bits per heavy atom. The van der Waals surface area contributed by atoms with Gasteiger partial charge in [-0.1, -0.05) is 39.7 Å². The van der Waals surface area contributed by atoms with Crippen LogP contribution < -0.4 is 5.56 Å². The van der Waals surface area contributed by atoms with Crippen molar-refractivity contribution in [3.05, 3.63) is 33.7 Å². The second-order valence-corrected chi connectivity index (χ2v) is 5.56. The number of hydrogen-bond donors (Lipinski definition) is 0. The second kappa shape index (κ2) is 7.49. The fourth-order valence-electron chi connectivity index (χ4n) is 2.18. The van der Waals surface area contributed by atoms with Crippen molar-refractivity contribution in [2.75, 3.05) is 0 Å². The Kier molecular flexibility index (Phi) is 6.29. The van der Waals surface area contributed by atoms with Gasteiger partial charge in [0.15, 0.2) is 0 Å². The fourth-order valence-corrected chi connectivity index (χ4v) is 2.32. The number of unbranched alkanes of at least 4 members (excludes halogenated alkanes) is 2. The molecule has 4 heteroatoms. The number of aromatic nitrogens is 1. The summed E-state index contributed by atoms with van der Waals surface area (Å²) in [5.74, 6) is 0.287. The van der Waals surface area contributed by atoms with Crippen LogP contribution in [-0.4, -0.2) is 9.81 Å². The Balaban J connectivity index is 3.12. The van der Waals surface area contributed by atoms with Gasteiger partial charge in [0.05, 0.1) is 6.42 Å². The maximum absolute atomic E-state index is 12.4. The zero-order valence-corrected chi connectivity index (χ0v) is 12.7. The number of halogens is 1. The van der Waals surface area contributed by atoms with Crippen LogP contribution in [0.4, 0.5) is 0 Å². The first-order chi connectivity index (χ1) is 8.97. The van der Waals surface area contributed by atoms with E-state index in [-0.39, 0.29) is 17.9 Å². The quantitative estimate of drug-likeness (QED) is 0.568. The van der Waals surface area contributed by atoms with E-state index in [2.05, 4.69) is 20.8 Å². The molecule has 0 aliphatic heterocycles. The Morgan fingerprint density at radius 3 is 2.53 bits per heavy atom. The van der Waals surface area contributed by atoms with Crippen molar-refractivity contribution in [3.8, 4) is 0 Å². The third-order valence-electron chi connectivity index (χ3n) is 3.19. The Labute approximate surface area is 119 Å². The molecule has 1 rings (SSSR count). The van der Waals surface area contributed by atoms with Crippen LogP contribution in [0.1, 0.15) is 57.2 Å². The van der Waals surface area contributed by atoms with Gasteiger partial charge in [-0.3, -0.25) is 9.59 Å². The lowest BCUT2D eigenvalue weighted by atomic mass is 10.1. The number of hydrogen-bond acceptors (Lipinski definition) is 2. The molecular formula is C15H22ClNO2. The fraction of sp³-hybridized carbons (Fsp3) is 0.600. The van der Waals surface area contributed by atoms with Gasteiger partial charge in [0.2, 0.25) is 5.24 Å². The first-order valence-electron chi connectivity index (χ1n) is 6.88. The van der Waals surface area contributed by atoms with E-state index in [1.165, 1.54) is 0 Å². The minimum Gasteiger partial charge on any atom is -0.312 e. The van der Waals surface area contributed by atoms with Gasteiger partial charge in [0.25, 0.3) is 5.56 Å². The number of rotatable bonds is 7. The third-order valence-corrected chi connectivity index (χ3v) is 3.33. The number of carbonyl (C=O) groups is 1. The van der Waals surface area contributed by atoms with Gasteiger partial charge < -0.3 is 4.57 Å². The van der Waals surface area contributed by atoms with Crippen LogP contribution >= 0.6 is 11.6 Å². The highest BCUT2D eigenvalue weighted by atomic mass is 35.5. The molecule has 1 heterocycles. The molecule has 0 aliphatic rings. The standard InChI is InChI=1S/C15H22ClNO2/c1-4-5-6-9-17-13(11(2)3)8-7-12(15(17)19)10-14(16)18/h7-8,11H,4-6,9-10H2,1-3H3. The van der Waals surface area contributed by atoms with Crippen molar-refractivity contribution >= 4 is 16.8 Å². The molecule has 106 valence electrons. The van der Waals surface area contributed by atoms with Gasteiger partial charge in [-0.05, 0) is 30.0 Å². The lowest BCUT2D eigenvalue weighted by molar-refractivity contribution is -0.111. The molecule has 1 aromatic heterocycles. The van der Waals surface area contributed by atoms with E-state index in [1.807, 2.05) is 6.07 Å². The zero-order valence-electron chi connectivity index (χ0n) is 11.9. The maximum Gasteiger partial charge on any atom is 0.254 e. The highest BCUT2D eigenvalue weighted by Gasteiger charge is 2.12. The van der Waals surface area contributed by atoms with Crippen LogP contribution in [0, 0.1) is 0 Å². The lowest BCUT2D eigenvalue weighted by Gasteiger charge is -2.16. The van der Waals surface area contributed by atoms with E-state index in [0.29, 0.717) is 12.1 Å². The molecule has 0 unspecified atom stereocenters. The summed E-state index contributed by atoms with van der Waals surface area (Å²) in [4.78, 5) is 23.3. The van der Waals surface area contributed by atoms with Gasteiger partial charge in [0, 0.05) is 17.8 Å². The van der Waals surface area contributed by atoms with Crippen LogP contribution in [-0.2, 0) is 17.8 Å². The first kappa shape index (κ1) is 16.0. The van der Waals surface area contributed by atoms with Crippen molar-refractivity contribution in [2.45, 2.75) is 58.9 Å². The lowest BCUT2D eigenvalue weighted by Crippen LogP contribution is -2.28. The van der Waals surface area contributed by atoms with Crippen LogP contribution in [0.2, 0.25) is 0 Å². The molecule has 0 fully saturated rings. The van der Waals surface area contributed by atoms with E-state index >= 15 is 0 Å². The predicted octanol–water partition coefficient (Wildman–Crippen LogP) is 3.47. The van der Waals surface area contributed by atoms with E-state index in [0.717, 1.165) is 25.0 Å². The van der Waals surface area contributed by atoms with Crippen LogP contribution in [0.5, 0.6) is 0 Å². The highest BCUT2D eigenvalue weighted by Crippen LogP contribution is 2.14. The van der Waals surface area contributed by atoms with Gasteiger partial charge in [-0.25, -0.2) is 0 Å². The number of nitrogens with zero attached hydrogens (tertiary/aromatic N) is 1. The summed E-state index contributed by atoms with van der Waals surface area (Å²) >= 11 is 5.38. The van der Waals surface area contributed by atoms with E-state index in [9.17, 15) is 9.59 Å². The molecular weight excluding hydrogens is 262 g/mol. The molecule has 0 N–H and O–H groups in total. The van der Waals surface area contributed by atoms with E-state index in [4.69, 9.17) is 11.6 Å². The van der Waals surface area contributed by atoms with Gasteiger partial charge in [-0.2, -0.15) is 0 Å². The zero-order chi connectivity index (χ0) is 14.4. The summed E-state index contributed by atoms with van der Waals surface area (Å²) in [6, 6.07) is 3.67. The Hall–Kier alpha value is -1.09. The Bertz CT molecular complexity index is 491. The van der Waals surface area contributed by atoms with E-state index < -0.39 is 5.24 Å². The Morgan fingerprint density at radius 1 is 1.32 bits per heavy atom. The molecule has 19 heavy (non-hydrogen) atoms. The first-order valence-corrected chi connectivity index (χ1v) is 7.26. The third kappa shape index (κ3) is 4.50. The molecule has 0 radical (unpaired) electrons. The molecule has 0 saturated carbocycles. The minimum absolute atomic E-state index is 0.00649. The van der Waals surface area contributed by atoms with Crippen molar-refractivity contribution in [2.24, 2.45) is 0 Å². The van der Waals surface area contributed by atoms with Crippen molar-refractivity contribution in [3.63, 3.8) is 0 Å². The number of carbonyl (C=O) groups excluding carboxylic acids is 1. The molecule has 0 aliphatic carbocycles. The van der Waals surface area contributed by atoms with Crippen LogP contribution in [0.3, 0.4) is 0 Å². The van der Waals surface area contributed by atoms with Gasteiger partial charge in [0.1, 0.15) is 0 Å². The normalized spacial score (nSPS) is 11.0. The summed E-state index contributed by atoms with van der Waals surface area (Å²) in [5.41, 5.74) is 1.43. The summed E-state index contributed by atoms with van der Waals surface area (Å²) in [6.45, 7) is 6.98. The van der Waals surface area contributed by atoms with E-state index in [1.54, 1.807) is 10.6 Å². The summed E-state index contributed by atoms with van der Waals surface area (Å²) in [6.07, 6.45) is 3.20. The monoisotopic (exact) mass is 283 g/mol. The summed E-state index contributed by atoms with van der Waals surface area (Å²) in [7, 11) is 0. The molecule has 1 aromatic rings. The highest BCUT2D eigenvalue weighted by molar-refractivity contribution is 6.63. The predicted molar refractivity (Wildman–Crippen MR) is 78.9 cm³/mol. The van der Waals surface area contributed by atoms with Crippen LogP contribution in [0.15, 0.2) is 16.9 Å². The van der Waals surface area contributed by atoms with Gasteiger partial charge >= 0.3 is 0 Å². The molecule has 0 spiro atoms. The van der Waals surface area contributed by atoms with Crippen molar-refractivity contribution < 1.29 is 4.79 Å². The largest absolute Gasteiger partial charge is 0.312 e. The SMILES string of the molecule is CCCCCn1c(C(C)C)ccc(CC(=O)Cl)c1=O. The summed E-state index contributed by atoms with van der Waals surface area (Å²) < 4.78 is 1.80. The second-order valence-electron chi connectivity index (χ2n) is 5.13. The number of pyridine rings is 1. The molecule has 0 atom stereocenters. The molecule has 0 saturated heterocycles. The topological polar surface area (TPSA) is 39.1 Å². The van der Waals surface area contributed by atoms with Crippen molar-refractivity contribution in [1.82, 2.24) is 4.57 Å². The average Bonchev–Trinajstić information content (AvgIpc) is 2.33.